The largest absolute Gasteiger partial charge is 0.507 e. The van der Waals surface area contributed by atoms with E-state index < -0.39 is 11.5 Å². The molecule has 0 radical (unpaired) electrons. The van der Waals surface area contributed by atoms with Crippen molar-refractivity contribution >= 4 is 33.0 Å². The lowest BCUT2D eigenvalue weighted by Gasteiger charge is -2.09. The standard InChI is InChI=1S/C19H16BrNO6/c1-25-12-4-2-11(3-5-12)14-10-26-16-9-13(27-19(24)21-7-6-20)8-15(22)17(16)18(14)23/h2-5,8-10,22H,6-7H2,1H3,(H,21,24). The van der Waals surface area contributed by atoms with Gasteiger partial charge < -0.3 is 24.3 Å². The summed E-state index contributed by atoms with van der Waals surface area (Å²) in [6.07, 6.45) is 0.631. The van der Waals surface area contributed by atoms with E-state index in [-0.39, 0.29) is 22.5 Å². The molecular weight excluding hydrogens is 418 g/mol. The minimum atomic E-state index is -0.676. The minimum Gasteiger partial charge on any atom is -0.507 e. The van der Waals surface area contributed by atoms with Gasteiger partial charge in [-0.15, -0.1) is 0 Å². The number of hydrogen-bond donors (Lipinski definition) is 2. The number of alkyl halides is 1. The van der Waals surface area contributed by atoms with Gasteiger partial charge in [-0.05, 0) is 17.7 Å². The lowest BCUT2D eigenvalue weighted by molar-refractivity contribution is 0.201. The Morgan fingerprint density at radius 2 is 1.96 bits per heavy atom. The van der Waals surface area contributed by atoms with Crippen molar-refractivity contribution in [1.82, 2.24) is 5.32 Å². The molecule has 1 heterocycles. The van der Waals surface area contributed by atoms with Crippen LogP contribution >= 0.6 is 15.9 Å². The molecule has 0 atom stereocenters. The van der Waals surface area contributed by atoms with Crippen LogP contribution in [0.5, 0.6) is 17.2 Å². The zero-order valence-electron chi connectivity index (χ0n) is 14.3. The van der Waals surface area contributed by atoms with Gasteiger partial charge in [0.05, 0.1) is 12.7 Å². The van der Waals surface area contributed by atoms with Gasteiger partial charge in [0.1, 0.15) is 34.5 Å². The van der Waals surface area contributed by atoms with Gasteiger partial charge in [0.15, 0.2) is 0 Å². The highest BCUT2D eigenvalue weighted by Gasteiger charge is 2.15. The summed E-state index contributed by atoms with van der Waals surface area (Å²) in [7, 11) is 1.55. The molecule has 0 saturated heterocycles. The first kappa shape index (κ1) is 18.8. The van der Waals surface area contributed by atoms with Gasteiger partial charge in [-0.2, -0.15) is 0 Å². The summed E-state index contributed by atoms with van der Waals surface area (Å²) in [4.78, 5) is 24.4. The zero-order valence-corrected chi connectivity index (χ0v) is 15.9. The number of fused-ring (bicyclic) bond motifs is 1. The smallest absolute Gasteiger partial charge is 0.412 e. The van der Waals surface area contributed by atoms with Crippen molar-refractivity contribution in [2.24, 2.45) is 0 Å². The van der Waals surface area contributed by atoms with Crippen LogP contribution < -0.4 is 20.2 Å². The van der Waals surface area contributed by atoms with Gasteiger partial charge in [0, 0.05) is 24.0 Å². The predicted molar refractivity (Wildman–Crippen MR) is 104 cm³/mol. The molecule has 3 rings (SSSR count). The average molecular weight is 434 g/mol. The summed E-state index contributed by atoms with van der Waals surface area (Å²) >= 11 is 3.18. The highest BCUT2D eigenvalue weighted by Crippen LogP contribution is 2.30. The molecule has 0 fully saturated rings. The third-order valence-electron chi connectivity index (χ3n) is 3.81. The number of carbonyl (C=O) groups is 1. The number of phenolic OH excluding ortho intramolecular Hbond substituents is 1. The number of aromatic hydroxyl groups is 1. The summed E-state index contributed by atoms with van der Waals surface area (Å²) in [5.74, 6) is 0.388. The maximum atomic E-state index is 12.8. The van der Waals surface area contributed by atoms with E-state index >= 15 is 0 Å². The van der Waals surface area contributed by atoms with Crippen molar-refractivity contribution in [2.75, 3.05) is 19.0 Å². The lowest BCUT2D eigenvalue weighted by Crippen LogP contribution is -2.28. The average Bonchev–Trinajstić information content (AvgIpc) is 2.66. The number of amides is 1. The van der Waals surface area contributed by atoms with Crippen molar-refractivity contribution in [3.63, 3.8) is 0 Å². The molecule has 2 aromatic carbocycles. The van der Waals surface area contributed by atoms with Crippen molar-refractivity contribution in [2.45, 2.75) is 0 Å². The van der Waals surface area contributed by atoms with Crippen LogP contribution in [0.4, 0.5) is 4.79 Å². The molecule has 0 spiro atoms. The molecule has 140 valence electrons. The number of benzene rings is 2. The van der Waals surface area contributed by atoms with Gasteiger partial charge >= 0.3 is 6.09 Å². The Balaban J connectivity index is 1.98. The van der Waals surface area contributed by atoms with E-state index in [1.165, 1.54) is 18.4 Å². The minimum absolute atomic E-state index is 0.0107. The number of phenols is 1. The third-order valence-corrected chi connectivity index (χ3v) is 4.20. The fourth-order valence-corrected chi connectivity index (χ4v) is 2.73. The molecular formula is C19H16BrNO6. The first-order chi connectivity index (χ1) is 13.0. The maximum Gasteiger partial charge on any atom is 0.412 e. The number of carbonyl (C=O) groups excluding carboxylic acids is 1. The van der Waals surface area contributed by atoms with Crippen LogP contribution in [0.15, 0.2) is 51.9 Å². The lowest BCUT2D eigenvalue weighted by atomic mass is 10.0. The normalized spacial score (nSPS) is 10.6. The van der Waals surface area contributed by atoms with Gasteiger partial charge in [0.25, 0.3) is 0 Å². The summed E-state index contributed by atoms with van der Waals surface area (Å²) in [6.45, 7) is 0.388. The number of methoxy groups -OCH3 is 1. The number of hydrogen-bond acceptors (Lipinski definition) is 6. The van der Waals surface area contributed by atoms with Gasteiger partial charge in [0.2, 0.25) is 5.43 Å². The first-order valence-corrected chi connectivity index (χ1v) is 9.10. The number of ether oxygens (including phenoxy) is 2. The van der Waals surface area contributed by atoms with E-state index in [2.05, 4.69) is 21.2 Å². The molecule has 1 aromatic heterocycles. The van der Waals surface area contributed by atoms with Gasteiger partial charge in [-0.25, -0.2) is 4.79 Å². The van der Waals surface area contributed by atoms with Crippen molar-refractivity contribution < 1.29 is 23.8 Å². The molecule has 0 saturated carbocycles. The summed E-state index contributed by atoms with van der Waals surface area (Å²) in [6, 6.07) is 9.47. The van der Waals surface area contributed by atoms with E-state index in [9.17, 15) is 14.7 Å². The molecule has 7 nitrogen and oxygen atoms in total. The Labute approximate surface area is 162 Å². The number of halogens is 1. The second-order valence-electron chi connectivity index (χ2n) is 5.53. The molecule has 3 aromatic rings. The maximum absolute atomic E-state index is 12.8. The SMILES string of the molecule is COc1ccc(-c2coc3cc(OC(=O)NCCBr)cc(O)c3c2=O)cc1. The van der Waals surface area contributed by atoms with Crippen molar-refractivity contribution in [3.8, 4) is 28.4 Å². The van der Waals surface area contributed by atoms with Crippen LogP contribution in [0.25, 0.3) is 22.1 Å². The Morgan fingerprint density at radius 3 is 2.63 bits per heavy atom. The predicted octanol–water partition coefficient (Wildman–Crippen LogP) is 3.66. The molecule has 27 heavy (non-hydrogen) atoms. The Kier molecular flexibility index (Phi) is 5.66. The summed E-state index contributed by atoms with van der Waals surface area (Å²) in [5.41, 5.74) is 0.638. The van der Waals surface area contributed by atoms with E-state index in [0.717, 1.165) is 0 Å². The highest BCUT2D eigenvalue weighted by molar-refractivity contribution is 9.09. The van der Waals surface area contributed by atoms with Gasteiger partial charge in [-0.1, -0.05) is 28.1 Å². The highest BCUT2D eigenvalue weighted by atomic mass is 79.9. The Hall–Kier alpha value is -3.00. The van der Waals surface area contributed by atoms with E-state index in [1.54, 1.807) is 31.4 Å². The topological polar surface area (TPSA) is 98.0 Å². The molecule has 0 aliphatic heterocycles. The molecule has 0 unspecified atom stereocenters. The van der Waals surface area contributed by atoms with E-state index in [4.69, 9.17) is 13.9 Å². The Morgan fingerprint density at radius 1 is 1.22 bits per heavy atom. The number of nitrogens with one attached hydrogen (secondary N) is 1. The first-order valence-electron chi connectivity index (χ1n) is 7.98. The molecule has 2 N–H and O–H groups in total. The van der Waals surface area contributed by atoms with Crippen LogP contribution in [0, 0.1) is 0 Å². The van der Waals surface area contributed by atoms with E-state index in [1.807, 2.05) is 0 Å². The van der Waals surface area contributed by atoms with Crippen molar-refractivity contribution in [3.05, 3.63) is 52.9 Å². The van der Waals surface area contributed by atoms with Crippen LogP contribution in [0.1, 0.15) is 0 Å². The van der Waals surface area contributed by atoms with Gasteiger partial charge in [-0.3, -0.25) is 4.79 Å². The molecule has 0 aliphatic rings. The fraction of sp³-hybridized carbons (Fsp3) is 0.158. The molecule has 8 heteroatoms. The van der Waals surface area contributed by atoms with Crippen LogP contribution in [-0.2, 0) is 0 Å². The third kappa shape index (κ3) is 4.06. The van der Waals surface area contributed by atoms with Crippen LogP contribution in [0.3, 0.4) is 0 Å². The summed E-state index contributed by atoms with van der Waals surface area (Å²) < 4.78 is 15.7. The van der Waals surface area contributed by atoms with Crippen LogP contribution in [-0.4, -0.2) is 30.2 Å². The fourth-order valence-electron chi connectivity index (χ4n) is 2.53. The molecule has 1 amide bonds. The quantitative estimate of drug-likeness (QED) is 0.595. The molecule has 0 aliphatic carbocycles. The second-order valence-corrected chi connectivity index (χ2v) is 6.32. The Bertz CT molecular complexity index is 1030. The second kappa shape index (κ2) is 8.13. The van der Waals surface area contributed by atoms with Crippen LogP contribution in [0.2, 0.25) is 0 Å². The van der Waals surface area contributed by atoms with Crippen molar-refractivity contribution in [1.29, 1.82) is 0 Å². The zero-order chi connectivity index (χ0) is 19.4. The monoisotopic (exact) mass is 433 g/mol. The summed E-state index contributed by atoms with van der Waals surface area (Å²) in [5, 5.41) is 13.4. The molecule has 0 bridgehead atoms. The number of rotatable bonds is 5. The van der Waals surface area contributed by atoms with E-state index in [0.29, 0.717) is 28.8 Å².